The Morgan fingerprint density at radius 3 is 2.84 bits per heavy atom. The van der Waals surface area contributed by atoms with Crippen molar-refractivity contribution in [3.63, 3.8) is 0 Å². The number of nitrogens with zero attached hydrogens (tertiary/aromatic N) is 2. The van der Waals surface area contributed by atoms with Gasteiger partial charge in [-0.05, 0) is 37.1 Å². The lowest BCUT2D eigenvalue weighted by Crippen LogP contribution is -2.43. The molecule has 128 valence electrons. The summed E-state index contributed by atoms with van der Waals surface area (Å²) in [5.41, 5.74) is 0.878. The number of hydrogen-bond acceptors (Lipinski definition) is 4. The average Bonchev–Trinajstić information content (AvgIpc) is 2.65. The second-order valence-corrected chi connectivity index (χ2v) is 5.61. The van der Waals surface area contributed by atoms with E-state index < -0.39 is 6.09 Å². The first-order valence-electron chi connectivity index (χ1n) is 8.25. The maximum atomic E-state index is 12.8. The normalized spacial score (nSPS) is 16.0. The van der Waals surface area contributed by atoms with Crippen LogP contribution in [0.5, 0.6) is 5.75 Å². The van der Waals surface area contributed by atoms with E-state index in [4.69, 9.17) is 9.84 Å². The fraction of sp³-hybridized carbons (Fsp3) is 0.200. The number of anilines is 1. The van der Waals surface area contributed by atoms with Gasteiger partial charge in [0, 0.05) is 18.4 Å². The number of aliphatic hydroxyl groups is 1. The summed E-state index contributed by atoms with van der Waals surface area (Å²) < 4.78 is 5.52. The molecule has 1 amide bonds. The maximum Gasteiger partial charge on any atom is 0.421 e. The number of amides is 1. The van der Waals surface area contributed by atoms with Crippen molar-refractivity contribution >= 4 is 18.0 Å². The Morgan fingerprint density at radius 1 is 1.20 bits per heavy atom. The van der Waals surface area contributed by atoms with E-state index in [9.17, 15) is 4.79 Å². The van der Waals surface area contributed by atoms with Crippen LogP contribution in [0.25, 0.3) is 6.08 Å². The van der Waals surface area contributed by atoms with Crippen molar-refractivity contribution in [1.29, 1.82) is 0 Å². The fourth-order valence-corrected chi connectivity index (χ4v) is 2.67. The van der Waals surface area contributed by atoms with Crippen molar-refractivity contribution in [3.05, 3.63) is 72.5 Å². The van der Waals surface area contributed by atoms with Crippen LogP contribution in [0.3, 0.4) is 0 Å². The monoisotopic (exact) mass is 336 g/mol. The second kappa shape index (κ2) is 8.26. The number of pyridine rings is 1. The third-order valence-corrected chi connectivity index (χ3v) is 3.86. The minimum atomic E-state index is -0.462. The third kappa shape index (κ3) is 4.14. The highest BCUT2D eigenvalue weighted by Crippen LogP contribution is 2.29. The number of carbonyl (C=O) groups is 1. The molecular weight excluding hydrogens is 316 g/mol. The Labute approximate surface area is 146 Å². The van der Waals surface area contributed by atoms with Crippen LogP contribution in [-0.4, -0.2) is 28.8 Å². The Kier molecular flexibility index (Phi) is 5.59. The zero-order valence-corrected chi connectivity index (χ0v) is 13.8. The van der Waals surface area contributed by atoms with Gasteiger partial charge in [0.25, 0.3) is 0 Å². The van der Waals surface area contributed by atoms with Crippen molar-refractivity contribution in [2.45, 2.75) is 18.9 Å². The van der Waals surface area contributed by atoms with Crippen LogP contribution in [0, 0.1) is 0 Å². The Morgan fingerprint density at radius 2 is 2.04 bits per heavy atom. The summed E-state index contributed by atoms with van der Waals surface area (Å²) in [4.78, 5) is 18.7. The summed E-state index contributed by atoms with van der Waals surface area (Å²) in [6.07, 6.45) is 10.2. The third-order valence-electron chi connectivity index (χ3n) is 3.86. The van der Waals surface area contributed by atoms with Gasteiger partial charge >= 0.3 is 6.09 Å². The van der Waals surface area contributed by atoms with Gasteiger partial charge in [0.1, 0.15) is 11.6 Å². The van der Waals surface area contributed by atoms with Crippen LogP contribution in [0.2, 0.25) is 0 Å². The van der Waals surface area contributed by atoms with Crippen molar-refractivity contribution < 1.29 is 14.6 Å². The van der Waals surface area contributed by atoms with Crippen LogP contribution in [0.1, 0.15) is 18.4 Å². The average molecular weight is 336 g/mol. The largest absolute Gasteiger partial charge is 0.421 e. The molecule has 1 aliphatic heterocycles. The Bertz CT molecular complexity index is 772. The van der Waals surface area contributed by atoms with E-state index >= 15 is 0 Å². The number of benzene rings is 1. The summed E-state index contributed by atoms with van der Waals surface area (Å²) in [6.45, 7) is 0.112. The zero-order valence-electron chi connectivity index (χ0n) is 13.8. The molecule has 1 aliphatic rings. The highest BCUT2D eigenvalue weighted by Gasteiger charge is 2.30. The van der Waals surface area contributed by atoms with Crippen LogP contribution in [0.15, 0.2) is 66.9 Å². The number of fused-ring (bicyclic) bond motifs is 1. The molecule has 1 atom stereocenters. The van der Waals surface area contributed by atoms with E-state index in [2.05, 4.69) is 4.98 Å². The molecule has 0 spiro atoms. The quantitative estimate of drug-likeness (QED) is 0.843. The number of para-hydroxylation sites is 1. The van der Waals surface area contributed by atoms with E-state index in [-0.39, 0.29) is 12.6 Å². The van der Waals surface area contributed by atoms with Crippen molar-refractivity contribution in [3.8, 4) is 5.75 Å². The molecule has 0 bridgehead atoms. The lowest BCUT2D eigenvalue weighted by Gasteiger charge is -2.31. The molecule has 25 heavy (non-hydrogen) atoms. The molecule has 0 saturated carbocycles. The molecule has 0 fully saturated rings. The molecule has 0 saturated heterocycles. The molecule has 2 aromatic rings. The number of aliphatic hydroxyl groups excluding tert-OH is 1. The predicted octanol–water partition coefficient (Wildman–Crippen LogP) is 3.81. The lowest BCUT2D eigenvalue weighted by molar-refractivity contribution is 0.205. The number of carbonyl (C=O) groups excluding carboxylic acids is 1. The van der Waals surface area contributed by atoms with Gasteiger partial charge in [-0.1, -0.05) is 42.5 Å². The number of rotatable bonds is 5. The molecule has 1 aromatic carbocycles. The van der Waals surface area contributed by atoms with E-state index in [1.165, 1.54) is 0 Å². The van der Waals surface area contributed by atoms with E-state index in [1.807, 2.05) is 54.6 Å². The SMILES string of the molecule is O=C(Oc1ccccc1)N1c2ncccc2C=CC1C/C=C/CCO. The van der Waals surface area contributed by atoms with Crippen LogP contribution >= 0.6 is 0 Å². The van der Waals surface area contributed by atoms with Crippen LogP contribution < -0.4 is 9.64 Å². The molecular formula is C20H20N2O3. The first-order valence-corrected chi connectivity index (χ1v) is 8.25. The van der Waals surface area contributed by atoms with E-state index in [0.29, 0.717) is 24.4 Å². The molecule has 1 N–H and O–H groups in total. The summed E-state index contributed by atoms with van der Waals surface area (Å²) >= 11 is 0. The van der Waals surface area contributed by atoms with Crippen molar-refractivity contribution in [1.82, 2.24) is 4.98 Å². The van der Waals surface area contributed by atoms with E-state index in [0.717, 1.165) is 5.56 Å². The zero-order chi connectivity index (χ0) is 17.5. The Hall–Kier alpha value is -2.92. The molecule has 2 heterocycles. The predicted molar refractivity (Wildman–Crippen MR) is 97.5 cm³/mol. The maximum absolute atomic E-state index is 12.8. The van der Waals surface area contributed by atoms with Gasteiger partial charge < -0.3 is 9.84 Å². The fourth-order valence-electron chi connectivity index (χ4n) is 2.67. The molecule has 3 rings (SSSR count). The van der Waals surface area contributed by atoms with Gasteiger partial charge in [-0.15, -0.1) is 0 Å². The summed E-state index contributed by atoms with van der Waals surface area (Å²) in [5, 5.41) is 8.88. The summed E-state index contributed by atoms with van der Waals surface area (Å²) in [7, 11) is 0. The molecule has 5 heteroatoms. The second-order valence-electron chi connectivity index (χ2n) is 5.61. The van der Waals surface area contributed by atoms with Gasteiger partial charge in [-0.25, -0.2) is 9.78 Å². The number of ether oxygens (including phenoxy) is 1. The standard InChI is InChI=1S/C20H20N2O3/c23-15-6-2-3-9-17-13-12-16-8-7-14-21-19(16)22(17)20(24)25-18-10-4-1-5-11-18/h1-5,7-8,10-14,17,23H,6,9,15H2/b3-2+. The molecule has 0 aliphatic carbocycles. The minimum Gasteiger partial charge on any atom is -0.410 e. The van der Waals surface area contributed by atoms with Crippen LogP contribution in [0.4, 0.5) is 10.6 Å². The molecule has 0 radical (unpaired) electrons. The van der Waals surface area contributed by atoms with Gasteiger partial charge in [-0.3, -0.25) is 4.90 Å². The minimum absolute atomic E-state index is 0.112. The van der Waals surface area contributed by atoms with Gasteiger partial charge in [0.05, 0.1) is 6.04 Å². The highest BCUT2D eigenvalue weighted by molar-refractivity contribution is 5.93. The molecule has 5 nitrogen and oxygen atoms in total. The van der Waals surface area contributed by atoms with Gasteiger partial charge in [0.15, 0.2) is 0 Å². The summed E-state index contributed by atoms with van der Waals surface area (Å²) in [6, 6.07) is 12.6. The van der Waals surface area contributed by atoms with Crippen LogP contribution in [-0.2, 0) is 0 Å². The first kappa shape index (κ1) is 16.9. The number of hydrogen-bond donors (Lipinski definition) is 1. The number of aromatic nitrogens is 1. The highest BCUT2D eigenvalue weighted by atomic mass is 16.6. The smallest absolute Gasteiger partial charge is 0.410 e. The van der Waals surface area contributed by atoms with E-state index in [1.54, 1.807) is 23.2 Å². The van der Waals surface area contributed by atoms with Gasteiger partial charge in [-0.2, -0.15) is 0 Å². The lowest BCUT2D eigenvalue weighted by atomic mass is 10.0. The topological polar surface area (TPSA) is 62.7 Å². The molecule has 1 aromatic heterocycles. The van der Waals surface area contributed by atoms with Crippen molar-refractivity contribution in [2.75, 3.05) is 11.5 Å². The van der Waals surface area contributed by atoms with Crippen molar-refractivity contribution in [2.24, 2.45) is 0 Å². The molecule has 1 unspecified atom stereocenters. The van der Waals surface area contributed by atoms with Gasteiger partial charge in [0.2, 0.25) is 0 Å². The first-order chi connectivity index (χ1) is 12.3. The Balaban J connectivity index is 1.84. The summed E-state index contributed by atoms with van der Waals surface area (Å²) in [5.74, 6) is 1.08.